The van der Waals surface area contributed by atoms with Gasteiger partial charge >= 0.3 is 11.7 Å². The smallest absolute Gasteiger partial charge is 0.354 e. The Balaban J connectivity index is 2.09. The number of carbonyl (C=O) groups is 1. The lowest BCUT2D eigenvalue weighted by Crippen LogP contribution is -2.40. The van der Waals surface area contributed by atoms with Gasteiger partial charge in [-0.2, -0.15) is 0 Å². The quantitative estimate of drug-likeness (QED) is 0.515. The molecule has 9 heteroatoms. The molecule has 9 nitrogen and oxygen atoms in total. The largest absolute Gasteiger partial charge is 0.461 e. The van der Waals surface area contributed by atoms with Crippen molar-refractivity contribution >= 4 is 29.3 Å². The summed E-state index contributed by atoms with van der Waals surface area (Å²) in [5.74, 6) is 0.166. The first kappa shape index (κ1) is 22.3. The molecule has 3 aromatic rings. The standard InChI is InChI=1S/C22H29N5O4/c1-6-11-26-19-18(20(28)27(12-7-2)22(26)30)25(5)17(23-19)10-9-15-13-16(24(4)14-15)21(29)31-8-3/h9-10,13-14H,6-8,11-12H2,1-5H3/b10-9+. The van der Waals surface area contributed by atoms with E-state index in [1.807, 2.05) is 26.1 Å². The SMILES string of the molecule is CCCn1c(=O)c2c(nc(/C=C/c3cc(C(=O)OCC)n(C)c3)n2C)n(CCC)c1=O. The Hall–Kier alpha value is -3.36. The summed E-state index contributed by atoms with van der Waals surface area (Å²) in [5.41, 5.74) is 1.40. The van der Waals surface area contributed by atoms with E-state index >= 15 is 0 Å². The number of carbonyl (C=O) groups excluding carboxylic acids is 1. The van der Waals surface area contributed by atoms with Crippen LogP contribution in [0.4, 0.5) is 0 Å². The van der Waals surface area contributed by atoms with Gasteiger partial charge in [0.25, 0.3) is 5.56 Å². The molecule has 0 unspecified atom stereocenters. The highest BCUT2D eigenvalue weighted by Gasteiger charge is 2.18. The fraction of sp³-hybridized carbons (Fsp3) is 0.455. The normalized spacial score (nSPS) is 11.6. The summed E-state index contributed by atoms with van der Waals surface area (Å²) in [6.07, 6.45) is 6.84. The number of hydrogen-bond donors (Lipinski definition) is 0. The highest BCUT2D eigenvalue weighted by Crippen LogP contribution is 2.15. The molecule has 0 fully saturated rings. The summed E-state index contributed by atoms with van der Waals surface area (Å²) in [4.78, 5) is 42.5. The third-order valence-corrected chi connectivity index (χ3v) is 5.11. The molecule has 0 aliphatic carbocycles. The van der Waals surface area contributed by atoms with Crippen LogP contribution in [0.25, 0.3) is 23.3 Å². The summed E-state index contributed by atoms with van der Waals surface area (Å²) in [6, 6.07) is 1.73. The minimum absolute atomic E-state index is 0.310. The number of nitrogens with zero attached hydrogens (tertiary/aromatic N) is 5. The zero-order valence-electron chi connectivity index (χ0n) is 18.7. The Morgan fingerprint density at radius 1 is 1.06 bits per heavy atom. The van der Waals surface area contributed by atoms with E-state index < -0.39 is 0 Å². The van der Waals surface area contributed by atoms with Crippen molar-refractivity contribution in [2.24, 2.45) is 14.1 Å². The van der Waals surface area contributed by atoms with Gasteiger partial charge in [0, 0.05) is 33.4 Å². The summed E-state index contributed by atoms with van der Waals surface area (Å²) in [6.45, 7) is 6.84. The number of aromatic nitrogens is 5. The summed E-state index contributed by atoms with van der Waals surface area (Å²) in [7, 11) is 3.54. The highest BCUT2D eigenvalue weighted by atomic mass is 16.5. The molecule has 0 N–H and O–H groups in total. The van der Waals surface area contributed by atoms with E-state index in [0.717, 1.165) is 12.0 Å². The van der Waals surface area contributed by atoms with E-state index in [1.54, 1.807) is 46.9 Å². The van der Waals surface area contributed by atoms with Gasteiger partial charge in [-0.05, 0) is 43.5 Å². The molecule has 0 saturated heterocycles. The van der Waals surface area contributed by atoms with Crippen molar-refractivity contribution in [3.8, 4) is 0 Å². The molecule has 3 rings (SSSR count). The number of imidazole rings is 1. The third kappa shape index (κ3) is 4.12. The van der Waals surface area contributed by atoms with Crippen molar-refractivity contribution in [2.45, 2.75) is 46.7 Å². The minimum atomic E-state index is -0.382. The van der Waals surface area contributed by atoms with Gasteiger partial charge in [0.2, 0.25) is 0 Å². The van der Waals surface area contributed by atoms with Gasteiger partial charge in [0.15, 0.2) is 11.2 Å². The summed E-state index contributed by atoms with van der Waals surface area (Å²) < 4.78 is 11.3. The minimum Gasteiger partial charge on any atom is -0.461 e. The molecule has 0 radical (unpaired) electrons. The van der Waals surface area contributed by atoms with Crippen molar-refractivity contribution < 1.29 is 9.53 Å². The predicted octanol–water partition coefficient (Wildman–Crippen LogP) is 2.40. The second-order valence-corrected chi connectivity index (χ2v) is 7.42. The lowest BCUT2D eigenvalue weighted by atomic mass is 10.3. The highest BCUT2D eigenvalue weighted by molar-refractivity contribution is 5.89. The molecule has 0 atom stereocenters. The predicted molar refractivity (Wildman–Crippen MR) is 120 cm³/mol. The first-order valence-corrected chi connectivity index (χ1v) is 10.6. The van der Waals surface area contributed by atoms with E-state index in [-0.39, 0.29) is 17.2 Å². The van der Waals surface area contributed by atoms with Crippen molar-refractivity contribution in [2.75, 3.05) is 6.61 Å². The first-order valence-electron chi connectivity index (χ1n) is 10.6. The van der Waals surface area contributed by atoms with Gasteiger partial charge in [0.1, 0.15) is 11.5 Å². The van der Waals surface area contributed by atoms with Crippen molar-refractivity contribution in [3.05, 3.63) is 50.2 Å². The Morgan fingerprint density at radius 3 is 2.39 bits per heavy atom. The van der Waals surface area contributed by atoms with E-state index in [9.17, 15) is 14.4 Å². The van der Waals surface area contributed by atoms with Crippen LogP contribution in [-0.2, 0) is 31.9 Å². The molecule has 0 spiro atoms. The van der Waals surface area contributed by atoms with Crippen LogP contribution >= 0.6 is 0 Å². The number of ether oxygens (including phenoxy) is 1. The molecule has 0 aromatic carbocycles. The molecule has 3 aromatic heterocycles. The fourth-order valence-corrected chi connectivity index (χ4v) is 3.63. The monoisotopic (exact) mass is 427 g/mol. The molecular weight excluding hydrogens is 398 g/mol. The number of aryl methyl sites for hydroxylation is 3. The summed E-state index contributed by atoms with van der Waals surface area (Å²) >= 11 is 0. The molecule has 0 bridgehead atoms. The molecule has 31 heavy (non-hydrogen) atoms. The van der Waals surface area contributed by atoms with E-state index in [2.05, 4.69) is 4.98 Å². The summed E-state index contributed by atoms with van der Waals surface area (Å²) in [5, 5.41) is 0. The third-order valence-electron chi connectivity index (χ3n) is 5.11. The zero-order chi connectivity index (χ0) is 22.7. The van der Waals surface area contributed by atoms with E-state index in [1.165, 1.54) is 4.57 Å². The molecule has 0 amide bonds. The Morgan fingerprint density at radius 2 is 1.74 bits per heavy atom. The van der Waals surface area contributed by atoms with Gasteiger partial charge in [-0.3, -0.25) is 13.9 Å². The molecule has 166 valence electrons. The molecule has 0 aliphatic rings. The Kier molecular flexibility index (Phi) is 6.62. The molecular formula is C22H29N5O4. The van der Waals surface area contributed by atoms with Crippen LogP contribution in [0.2, 0.25) is 0 Å². The number of fused-ring (bicyclic) bond motifs is 1. The van der Waals surface area contributed by atoms with Crippen LogP contribution in [0.3, 0.4) is 0 Å². The molecule has 0 aliphatic heterocycles. The van der Waals surface area contributed by atoms with Gasteiger partial charge < -0.3 is 13.9 Å². The van der Waals surface area contributed by atoms with Gasteiger partial charge in [-0.15, -0.1) is 0 Å². The maximum Gasteiger partial charge on any atom is 0.354 e. The van der Waals surface area contributed by atoms with Crippen LogP contribution in [-0.4, -0.2) is 35.8 Å². The first-order chi connectivity index (χ1) is 14.8. The lowest BCUT2D eigenvalue weighted by molar-refractivity contribution is 0.0515. The van der Waals surface area contributed by atoms with Gasteiger partial charge in [-0.25, -0.2) is 14.6 Å². The number of esters is 1. The second kappa shape index (κ2) is 9.20. The molecule has 0 saturated carbocycles. The van der Waals surface area contributed by atoms with E-state index in [4.69, 9.17) is 4.74 Å². The van der Waals surface area contributed by atoms with Crippen molar-refractivity contribution in [1.29, 1.82) is 0 Å². The van der Waals surface area contributed by atoms with Crippen LogP contribution in [0.1, 0.15) is 55.5 Å². The van der Waals surface area contributed by atoms with Gasteiger partial charge in [-0.1, -0.05) is 13.8 Å². The topological polar surface area (TPSA) is 93.1 Å². The van der Waals surface area contributed by atoms with Crippen molar-refractivity contribution in [1.82, 2.24) is 23.3 Å². The average molecular weight is 428 g/mol. The van der Waals surface area contributed by atoms with Crippen molar-refractivity contribution in [3.63, 3.8) is 0 Å². The van der Waals surface area contributed by atoms with Crippen LogP contribution < -0.4 is 11.2 Å². The van der Waals surface area contributed by atoms with Gasteiger partial charge in [0.05, 0.1) is 6.61 Å². The average Bonchev–Trinajstić information content (AvgIpc) is 3.27. The number of hydrogen-bond acceptors (Lipinski definition) is 5. The molecule has 3 heterocycles. The Bertz CT molecular complexity index is 1260. The lowest BCUT2D eigenvalue weighted by Gasteiger charge is -2.10. The van der Waals surface area contributed by atoms with Crippen LogP contribution in [0.15, 0.2) is 21.9 Å². The van der Waals surface area contributed by atoms with Crippen LogP contribution in [0, 0.1) is 0 Å². The Labute approximate surface area is 180 Å². The zero-order valence-corrected chi connectivity index (χ0v) is 18.7. The van der Waals surface area contributed by atoms with Crippen LogP contribution in [0.5, 0.6) is 0 Å². The maximum atomic E-state index is 13.0. The fourth-order valence-electron chi connectivity index (χ4n) is 3.63. The number of rotatable bonds is 8. The second-order valence-electron chi connectivity index (χ2n) is 7.42. The maximum absolute atomic E-state index is 13.0. The van der Waals surface area contributed by atoms with E-state index in [0.29, 0.717) is 48.8 Å².